The van der Waals surface area contributed by atoms with Crippen LogP contribution in [0.15, 0.2) is 65.6 Å². The van der Waals surface area contributed by atoms with Crippen molar-refractivity contribution < 1.29 is 14.7 Å². The molecule has 2 N–H and O–H groups in total. The van der Waals surface area contributed by atoms with Gasteiger partial charge in [-0.3, -0.25) is 14.4 Å². The maximum absolute atomic E-state index is 13.6. The number of carboxylic acid groups (broad SMARTS) is 1. The van der Waals surface area contributed by atoms with Gasteiger partial charge >= 0.3 is 5.97 Å². The second kappa shape index (κ2) is 12.3. The van der Waals surface area contributed by atoms with Crippen molar-refractivity contribution in [1.29, 1.82) is 0 Å². The normalized spacial score (nSPS) is 12.7. The lowest BCUT2D eigenvalue weighted by molar-refractivity contribution is -0.137. The highest BCUT2D eigenvalue weighted by atomic mass is 16.4. The fraction of sp³-hybridized carbons (Fsp3) is 0.367. The molecule has 2 aromatic carbocycles. The van der Waals surface area contributed by atoms with Crippen LogP contribution in [0.3, 0.4) is 0 Å². The third-order valence-corrected chi connectivity index (χ3v) is 6.59. The maximum atomic E-state index is 13.6. The Morgan fingerprint density at radius 1 is 1.00 bits per heavy atom. The van der Waals surface area contributed by atoms with Gasteiger partial charge in [-0.25, -0.2) is 0 Å². The van der Waals surface area contributed by atoms with E-state index < -0.39 is 18.1 Å². The maximum Gasteiger partial charge on any atom is 0.305 e. The molecule has 0 saturated carbocycles. The van der Waals surface area contributed by atoms with E-state index >= 15 is 0 Å². The fourth-order valence-corrected chi connectivity index (χ4v) is 4.46. The van der Waals surface area contributed by atoms with Gasteiger partial charge in [0.2, 0.25) is 5.91 Å². The molecule has 0 radical (unpaired) electrons. The van der Waals surface area contributed by atoms with Gasteiger partial charge in [0.05, 0.1) is 12.5 Å². The van der Waals surface area contributed by atoms with Crippen LogP contribution < -0.4 is 10.9 Å². The summed E-state index contributed by atoms with van der Waals surface area (Å²) in [6.45, 7) is 7.91. The number of hydrogen-bond donors (Lipinski definition) is 2. The number of hydrogen-bond acceptors (Lipinski definition) is 3. The van der Waals surface area contributed by atoms with Crippen molar-refractivity contribution >= 4 is 11.9 Å². The minimum atomic E-state index is -0.999. The number of amides is 1. The molecule has 0 aliphatic heterocycles. The number of benzene rings is 2. The molecule has 0 aliphatic carbocycles. The Balaban J connectivity index is 1.97. The van der Waals surface area contributed by atoms with E-state index in [9.17, 15) is 19.5 Å². The van der Waals surface area contributed by atoms with E-state index in [-0.39, 0.29) is 17.9 Å². The zero-order valence-electron chi connectivity index (χ0n) is 21.6. The van der Waals surface area contributed by atoms with Crippen molar-refractivity contribution in [1.82, 2.24) is 9.88 Å². The van der Waals surface area contributed by atoms with Crippen LogP contribution in [0, 0.1) is 20.8 Å². The lowest BCUT2D eigenvalue weighted by atomic mass is 9.98. The predicted molar refractivity (Wildman–Crippen MR) is 142 cm³/mol. The monoisotopic (exact) mass is 488 g/mol. The molecule has 1 aromatic heterocycles. The highest BCUT2D eigenvalue weighted by molar-refractivity contribution is 5.81. The number of carbonyl (C=O) groups excluding carboxylic acids is 1. The number of unbranched alkanes of at least 4 members (excludes halogenated alkanes) is 1. The number of pyridine rings is 1. The first kappa shape index (κ1) is 26.9. The van der Waals surface area contributed by atoms with Crippen molar-refractivity contribution in [2.24, 2.45) is 0 Å². The van der Waals surface area contributed by atoms with E-state index in [2.05, 4.69) is 5.32 Å². The molecule has 6 heteroatoms. The van der Waals surface area contributed by atoms with Gasteiger partial charge < -0.3 is 15.0 Å². The topological polar surface area (TPSA) is 88.4 Å². The summed E-state index contributed by atoms with van der Waals surface area (Å²) < 4.78 is 1.54. The SMILES string of the molecule is CCCCC(C(=O)N[C@@H](CC(=O)O)c1ccc(C)c(C)c1)n1cc(C)cc(Cc2ccccc2)c1=O. The third-order valence-electron chi connectivity index (χ3n) is 6.59. The molecule has 3 aromatic rings. The number of rotatable bonds is 11. The first-order valence-electron chi connectivity index (χ1n) is 12.5. The van der Waals surface area contributed by atoms with Crippen LogP contribution in [0.4, 0.5) is 0 Å². The second-order valence-corrected chi connectivity index (χ2v) is 9.58. The molecular weight excluding hydrogens is 452 g/mol. The van der Waals surface area contributed by atoms with E-state index in [0.29, 0.717) is 18.4 Å². The molecule has 0 spiro atoms. The number of aliphatic carboxylic acids is 1. The Kier molecular flexibility index (Phi) is 9.23. The molecule has 2 atom stereocenters. The zero-order valence-corrected chi connectivity index (χ0v) is 21.6. The smallest absolute Gasteiger partial charge is 0.305 e. The molecule has 0 saturated heterocycles. The Morgan fingerprint density at radius 3 is 2.36 bits per heavy atom. The average Bonchev–Trinajstić information content (AvgIpc) is 2.83. The number of aromatic nitrogens is 1. The van der Waals surface area contributed by atoms with Crippen molar-refractivity contribution in [3.63, 3.8) is 0 Å². The lowest BCUT2D eigenvalue weighted by Gasteiger charge is -2.25. The Hall–Kier alpha value is -3.67. The number of aryl methyl sites for hydroxylation is 3. The van der Waals surface area contributed by atoms with Gasteiger partial charge in [-0.2, -0.15) is 0 Å². The number of nitrogens with one attached hydrogen (secondary N) is 1. The first-order chi connectivity index (χ1) is 17.2. The second-order valence-electron chi connectivity index (χ2n) is 9.58. The Labute approximate surface area is 213 Å². The largest absolute Gasteiger partial charge is 0.481 e. The number of carbonyl (C=O) groups is 2. The predicted octanol–water partition coefficient (Wildman–Crippen LogP) is 5.43. The summed E-state index contributed by atoms with van der Waals surface area (Å²) in [4.78, 5) is 38.8. The minimum Gasteiger partial charge on any atom is -0.481 e. The molecule has 0 bridgehead atoms. The minimum absolute atomic E-state index is 0.193. The standard InChI is InChI=1S/C30H36N2O4/c1-5-6-12-27(29(35)31-26(18-28(33)34)24-14-13-21(3)22(4)16-24)32-19-20(2)15-25(30(32)36)17-23-10-8-7-9-11-23/h7-11,13-16,19,26-27H,5-6,12,17-18H2,1-4H3,(H,31,35)(H,33,34)/t26-,27?/m0/s1. The van der Waals surface area contributed by atoms with E-state index in [1.54, 1.807) is 6.20 Å². The first-order valence-corrected chi connectivity index (χ1v) is 12.5. The van der Waals surface area contributed by atoms with Crippen LogP contribution in [0.1, 0.15) is 78.1 Å². The summed E-state index contributed by atoms with van der Waals surface area (Å²) in [5.41, 5.74) is 5.22. The summed E-state index contributed by atoms with van der Waals surface area (Å²) in [6.07, 6.45) is 4.10. The van der Waals surface area contributed by atoms with E-state index in [1.165, 1.54) is 4.57 Å². The zero-order chi connectivity index (χ0) is 26.2. The van der Waals surface area contributed by atoms with Crippen molar-refractivity contribution in [2.45, 2.75) is 71.9 Å². The van der Waals surface area contributed by atoms with Crippen LogP contribution in [-0.4, -0.2) is 21.6 Å². The third kappa shape index (κ3) is 6.94. The highest BCUT2D eigenvalue weighted by Crippen LogP contribution is 2.23. The Bertz CT molecular complexity index is 1260. The van der Waals surface area contributed by atoms with Gasteiger partial charge in [-0.1, -0.05) is 68.3 Å². The van der Waals surface area contributed by atoms with Gasteiger partial charge in [0.15, 0.2) is 0 Å². The summed E-state index contributed by atoms with van der Waals surface area (Å²) in [5.74, 6) is -1.34. The van der Waals surface area contributed by atoms with Crippen LogP contribution in [0.5, 0.6) is 0 Å². The van der Waals surface area contributed by atoms with Crippen LogP contribution in [-0.2, 0) is 16.0 Å². The van der Waals surface area contributed by atoms with E-state index in [0.717, 1.165) is 40.7 Å². The van der Waals surface area contributed by atoms with Gasteiger partial charge in [-0.15, -0.1) is 0 Å². The van der Waals surface area contributed by atoms with Crippen LogP contribution in [0.25, 0.3) is 0 Å². The molecule has 36 heavy (non-hydrogen) atoms. The van der Waals surface area contributed by atoms with E-state index in [1.807, 2.05) is 82.3 Å². The lowest BCUT2D eigenvalue weighted by Crippen LogP contribution is -2.40. The molecule has 3 rings (SSSR count). The highest BCUT2D eigenvalue weighted by Gasteiger charge is 2.26. The van der Waals surface area contributed by atoms with Crippen LogP contribution in [0.2, 0.25) is 0 Å². The summed E-state index contributed by atoms with van der Waals surface area (Å²) in [7, 11) is 0. The van der Waals surface area contributed by atoms with E-state index in [4.69, 9.17) is 0 Å². The molecule has 190 valence electrons. The van der Waals surface area contributed by atoms with Crippen molar-refractivity contribution in [2.75, 3.05) is 0 Å². The molecule has 1 heterocycles. The number of nitrogens with zero attached hydrogens (tertiary/aromatic N) is 1. The summed E-state index contributed by atoms with van der Waals surface area (Å²) in [6, 6.07) is 15.9. The van der Waals surface area contributed by atoms with Crippen LogP contribution >= 0.6 is 0 Å². The summed E-state index contributed by atoms with van der Waals surface area (Å²) in [5, 5.41) is 12.5. The average molecular weight is 489 g/mol. The summed E-state index contributed by atoms with van der Waals surface area (Å²) >= 11 is 0. The van der Waals surface area contributed by atoms with Crippen molar-refractivity contribution in [3.05, 3.63) is 105 Å². The van der Waals surface area contributed by atoms with Gasteiger partial charge in [0.1, 0.15) is 6.04 Å². The van der Waals surface area contributed by atoms with Gasteiger partial charge in [0.25, 0.3) is 5.56 Å². The van der Waals surface area contributed by atoms with Gasteiger partial charge in [0, 0.05) is 18.2 Å². The van der Waals surface area contributed by atoms with Gasteiger partial charge in [-0.05, 0) is 61.1 Å². The molecule has 1 amide bonds. The number of carboxylic acids is 1. The molecule has 6 nitrogen and oxygen atoms in total. The molecule has 0 fully saturated rings. The quantitative estimate of drug-likeness (QED) is 0.377. The van der Waals surface area contributed by atoms with Crippen molar-refractivity contribution in [3.8, 4) is 0 Å². The molecular formula is C30H36N2O4. The Morgan fingerprint density at radius 2 is 1.72 bits per heavy atom. The fourth-order valence-electron chi connectivity index (χ4n) is 4.46. The molecule has 0 aliphatic rings. The molecule has 1 unspecified atom stereocenters.